The number of nitrogens with zero attached hydrogens (tertiary/aromatic N) is 2. The van der Waals surface area contributed by atoms with Crippen molar-refractivity contribution in [3.8, 4) is 0 Å². The fourth-order valence-corrected chi connectivity index (χ4v) is 4.65. The lowest BCUT2D eigenvalue weighted by Gasteiger charge is -2.21. The Balaban J connectivity index is 1.77. The van der Waals surface area contributed by atoms with Gasteiger partial charge in [0.05, 0.1) is 17.1 Å². The van der Waals surface area contributed by atoms with Gasteiger partial charge in [0.1, 0.15) is 5.82 Å². The summed E-state index contributed by atoms with van der Waals surface area (Å²) >= 11 is 0. The zero-order valence-electron chi connectivity index (χ0n) is 16.3. The quantitative estimate of drug-likeness (QED) is 0.806. The number of likely N-dealkylation sites (N-methyl/N-ethyl adjacent to an activating group) is 1. The van der Waals surface area contributed by atoms with E-state index in [0.717, 1.165) is 9.87 Å². The topological polar surface area (TPSA) is 86.8 Å². The molecule has 0 bridgehead atoms. The van der Waals surface area contributed by atoms with Gasteiger partial charge >= 0.3 is 0 Å². The number of carbonyl (C=O) groups is 2. The van der Waals surface area contributed by atoms with Gasteiger partial charge in [-0.25, -0.2) is 12.8 Å². The van der Waals surface area contributed by atoms with E-state index in [-0.39, 0.29) is 22.5 Å². The monoisotopic (exact) mass is 419 g/mol. The van der Waals surface area contributed by atoms with Crippen LogP contribution in [0, 0.1) is 5.82 Å². The standard InChI is InChI=1S/C20H22FN3O4S/c1-13-10-15-11-16(8-9-19(15)24(13)14(2)25)29(27,28)23(3)12-20(26)22-18-7-5-4-6-17(18)21/h4-9,11,13H,10,12H2,1-3H3,(H,22,26)/t13-/m1/s1. The highest BCUT2D eigenvalue weighted by Gasteiger charge is 2.31. The molecule has 0 saturated heterocycles. The minimum atomic E-state index is -3.94. The van der Waals surface area contributed by atoms with Gasteiger partial charge in [0.2, 0.25) is 21.8 Å². The molecule has 1 aliphatic heterocycles. The third-order valence-electron chi connectivity index (χ3n) is 4.83. The summed E-state index contributed by atoms with van der Waals surface area (Å²) in [4.78, 5) is 25.7. The molecule has 0 unspecified atom stereocenters. The summed E-state index contributed by atoms with van der Waals surface area (Å²) in [5.41, 5.74) is 1.45. The van der Waals surface area contributed by atoms with Crippen LogP contribution < -0.4 is 10.2 Å². The molecule has 0 aliphatic carbocycles. The average Bonchev–Trinajstić information content (AvgIpc) is 2.98. The number of carbonyl (C=O) groups excluding carboxylic acids is 2. The van der Waals surface area contributed by atoms with Gasteiger partial charge < -0.3 is 10.2 Å². The summed E-state index contributed by atoms with van der Waals surface area (Å²) in [5.74, 6) is -1.36. The third kappa shape index (κ3) is 4.15. The molecule has 0 saturated carbocycles. The van der Waals surface area contributed by atoms with Crippen molar-refractivity contribution in [1.82, 2.24) is 4.31 Å². The average molecular weight is 419 g/mol. The largest absolute Gasteiger partial charge is 0.322 e. The van der Waals surface area contributed by atoms with Crippen molar-refractivity contribution in [1.29, 1.82) is 0 Å². The number of hydrogen-bond donors (Lipinski definition) is 1. The van der Waals surface area contributed by atoms with E-state index in [4.69, 9.17) is 0 Å². The van der Waals surface area contributed by atoms with Gasteiger partial charge in [-0.2, -0.15) is 4.31 Å². The molecule has 1 heterocycles. The van der Waals surface area contributed by atoms with E-state index in [9.17, 15) is 22.4 Å². The van der Waals surface area contributed by atoms with Crippen molar-refractivity contribution in [3.63, 3.8) is 0 Å². The summed E-state index contributed by atoms with van der Waals surface area (Å²) in [7, 11) is -2.65. The number of halogens is 1. The van der Waals surface area contributed by atoms with Crippen LogP contribution in [0.15, 0.2) is 47.4 Å². The molecule has 29 heavy (non-hydrogen) atoms. The van der Waals surface area contributed by atoms with Crippen LogP contribution in [0.2, 0.25) is 0 Å². The summed E-state index contributed by atoms with van der Waals surface area (Å²) in [6.07, 6.45) is 0.551. The van der Waals surface area contributed by atoms with Gasteiger partial charge in [-0.15, -0.1) is 0 Å². The van der Waals surface area contributed by atoms with Gasteiger partial charge in [-0.1, -0.05) is 12.1 Å². The lowest BCUT2D eigenvalue weighted by atomic mass is 10.1. The first-order chi connectivity index (χ1) is 13.6. The predicted octanol–water partition coefficient (Wildman–Crippen LogP) is 2.38. The highest BCUT2D eigenvalue weighted by atomic mass is 32.2. The van der Waals surface area contributed by atoms with Crippen molar-refractivity contribution < 1.29 is 22.4 Å². The molecule has 2 amide bonds. The van der Waals surface area contributed by atoms with Crippen LogP contribution in [0.5, 0.6) is 0 Å². The van der Waals surface area contributed by atoms with Crippen LogP contribution in [-0.4, -0.2) is 44.2 Å². The minimum Gasteiger partial charge on any atom is -0.322 e. The van der Waals surface area contributed by atoms with Gasteiger partial charge in [-0.3, -0.25) is 9.59 Å². The molecule has 1 atom stereocenters. The van der Waals surface area contributed by atoms with Crippen LogP contribution in [0.25, 0.3) is 0 Å². The molecule has 0 radical (unpaired) electrons. The summed E-state index contributed by atoms with van der Waals surface area (Å²) < 4.78 is 40.3. The number of anilines is 2. The Labute approximate surface area is 169 Å². The van der Waals surface area contributed by atoms with Gasteiger partial charge in [0, 0.05) is 25.7 Å². The highest BCUT2D eigenvalue weighted by molar-refractivity contribution is 7.89. The van der Waals surface area contributed by atoms with Crippen LogP contribution in [0.4, 0.5) is 15.8 Å². The molecule has 0 spiro atoms. The molecule has 154 valence electrons. The molecule has 3 rings (SSSR count). The molecule has 7 nitrogen and oxygen atoms in total. The van der Waals surface area contributed by atoms with E-state index in [1.54, 1.807) is 17.0 Å². The maximum atomic E-state index is 13.7. The number of fused-ring (bicyclic) bond motifs is 1. The van der Waals surface area contributed by atoms with E-state index in [0.29, 0.717) is 12.1 Å². The van der Waals surface area contributed by atoms with Gasteiger partial charge in [0.15, 0.2) is 0 Å². The Bertz CT molecular complexity index is 1070. The number of nitrogens with one attached hydrogen (secondary N) is 1. The fraction of sp³-hybridized carbons (Fsp3) is 0.300. The zero-order chi connectivity index (χ0) is 21.3. The van der Waals surface area contributed by atoms with E-state index in [1.807, 2.05) is 6.92 Å². The highest BCUT2D eigenvalue weighted by Crippen LogP contribution is 2.34. The SMILES string of the molecule is CC(=O)N1c2ccc(S(=O)(=O)N(C)CC(=O)Nc3ccccc3F)cc2C[C@H]1C. The minimum absolute atomic E-state index is 0.0147. The van der Waals surface area contributed by atoms with E-state index >= 15 is 0 Å². The Morgan fingerprint density at radius 3 is 2.59 bits per heavy atom. The number of benzene rings is 2. The second kappa shape index (κ2) is 7.92. The molecule has 0 fully saturated rings. The number of hydrogen-bond acceptors (Lipinski definition) is 4. The van der Waals surface area contributed by atoms with Crippen LogP contribution in [0.3, 0.4) is 0 Å². The van der Waals surface area contributed by atoms with E-state index in [2.05, 4.69) is 5.32 Å². The van der Waals surface area contributed by atoms with Crippen molar-refractivity contribution in [2.24, 2.45) is 0 Å². The number of rotatable bonds is 5. The normalized spacial score (nSPS) is 16.0. The summed E-state index contributed by atoms with van der Waals surface area (Å²) in [6.45, 7) is 2.90. The molecule has 1 aliphatic rings. The molecule has 1 N–H and O–H groups in total. The van der Waals surface area contributed by atoms with Crippen molar-refractivity contribution in [2.45, 2.75) is 31.2 Å². The fourth-order valence-electron chi connectivity index (χ4n) is 3.47. The van der Waals surface area contributed by atoms with Crippen molar-refractivity contribution >= 4 is 33.2 Å². The molecule has 2 aromatic rings. The molecule has 0 aromatic heterocycles. The second-order valence-electron chi connectivity index (χ2n) is 7.02. The number of para-hydroxylation sites is 1. The zero-order valence-corrected chi connectivity index (χ0v) is 17.2. The number of sulfonamides is 1. The Kier molecular flexibility index (Phi) is 5.72. The van der Waals surface area contributed by atoms with Crippen molar-refractivity contribution in [2.75, 3.05) is 23.8 Å². The third-order valence-corrected chi connectivity index (χ3v) is 6.63. The first kappa shape index (κ1) is 20.9. The van der Waals surface area contributed by atoms with Crippen LogP contribution in [0.1, 0.15) is 19.4 Å². The van der Waals surface area contributed by atoms with Crippen LogP contribution in [-0.2, 0) is 26.0 Å². The maximum Gasteiger partial charge on any atom is 0.243 e. The maximum absolute atomic E-state index is 13.7. The molecule has 2 aromatic carbocycles. The Morgan fingerprint density at radius 2 is 1.93 bits per heavy atom. The smallest absolute Gasteiger partial charge is 0.243 e. The first-order valence-electron chi connectivity index (χ1n) is 9.04. The van der Waals surface area contributed by atoms with E-state index < -0.39 is 28.3 Å². The van der Waals surface area contributed by atoms with Crippen LogP contribution >= 0.6 is 0 Å². The second-order valence-corrected chi connectivity index (χ2v) is 9.07. The summed E-state index contributed by atoms with van der Waals surface area (Å²) in [6, 6.07) is 10.2. The summed E-state index contributed by atoms with van der Waals surface area (Å²) in [5, 5.41) is 2.37. The van der Waals surface area contributed by atoms with Gasteiger partial charge in [0.25, 0.3) is 0 Å². The van der Waals surface area contributed by atoms with E-state index in [1.165, 1.54) is 44.3 Å². The Morgan fingerprint density at radius 1 is 1.24 bits per heavy atom. The molecular weight excluding hydrogens is 397 g/mol. The number of amides is 2. The first-order valence-corrected chi connectivity index (χ1v) is 10.5. The lowest BCUT2D eigenvalue weighted by molar-refractivity contribution is -0.117. The predicted molar refractivity (Wildman–Crippen MR) is 108 cm³/mol. The van der Waals surface area contributed by atoms with Gasteiger partial charge in [-0.05, 0) is 49.2 Å². The molecule has 9 heteroatoms. The van der Waals surface area contributed by atoms with Crippen molar-refractivity contribution in [3.05, 3.63) is 53.8 Å². The Hall–Kier alpha value is -2.78. The lowest BCUT2D eigenvalue weighted by Crippen LogP contribution is -2.35. The molecular formula is C20H22FN3O4S.